The number of nitrogens with zero attached hydrogens (tertiary/aromatic N) is 1. The van der Waals surface area contributed by atoms with Gasteiger partial charge in [0.05, 0.1) is 12.0 Å². The van der Waals surface area contributed by atoms with Crippen LogP contribution < -0.4 is 15.8 Å². The Morgan fingerprint density at radius 1 is 1.48 bits per heavy atom. The molecule has 2 rings (SSSR count). The maximum atomic E-state index is 11.0. The van der Waals surface area contributed by atoms with E-state index >= 15 is 0 Å². The molecular formula is C13H20ClN3O4. The lowest BCUT2D eigenvalue weighted by atomic mass is 9.86. The molecule has 1 atom stereocenters. The lowest BCUT2D eigenvalue weighted by molar-refractivity contribution is -0.386. The van der Waals surface area contributed by atoms with Gasteiger partial charge in [-0.25, -0.2) is 0 Å². The number of phenols is 1. The fourth-order valence-electron chi connectivity index (χ4n) is 2.58. The van der Waals surface area contributed by atoms with Gasteiger partial charge >= 0.3 is 5.69 Å². The van der Waals surface area contributed by atoms with E-state index in [-0.39, 0.29) is 35.8 Å². The van der Waals surface area contributed by atoms with Crippen LogP contribution in [0.25, 0.3) is 0 Å². The molecule has 0 unspecified atom stereocenters. The van der Waals surface area contributed by atoms with Crippen molar-refractivity contribution in [1.82, 2.24) is 5.32 Å². The van der Waals surface area contributed by atoms with E-state index in [4.69, 9.17) is 10.5 Å². The first kappa shape index (κ1) is 17.5. The van der Waals surface area contributed by atoms with Crippen LogP contribution in [0.2, 0.25) is 0 Å². The molecule has 0 radical (unpaired) electrons. The fraction of sp³-hybridized carbons (Fsp3) is 0.538. The van der Waals surface area contributed by atoms with Crippen molar-refractivity contribution in [3.63, 3.8) is 0 Å². The van der Waals surface area contributed by atoms with Gasteiger partial charge in [-0.15, -0.1) is 12.4 Å². The SMILES string of the molecule is COc1cc([C@H](N)C2CCNCC2)cc([N+](=O)[O-])c1O.Cl. The molecule has 8 heteroatoms. The van der Waals surface area contributed by atoms with Crippen molar-refractivity contribution < 1.29 is 14.8 Å². The summed E-state index contributed by atoms with van der Waals surface area (Å²) in [5, 5.41) is 24.0. The number of methoxy groups -OCH3 is 1. The molecule has 0 saturated carbocycles. The van der Waals surface area contributed by atoms with E-state index in [0.717, 1.165) is 25.9 Å². The van der Waals surface area contributed by atoms with Crippen LogP contribution in [0.3, 0.4) is 0 Å². The lowest BCUT2D eigenvalue weighted by Crippen LogP contribution is -2.33. The number of hydrogen-bond acceptors (Lipinski definition) is 6. The van der Waals surface area contributed by atoms with Gasteiger partial charge in [-0.2, -0.15) is 0 Å². The Bertz CT molecular complexity index is 506. The van der Waals surface area contributed by atoms with E-state index in [1.165, 1.54) is 13.2 Å². The third-order valence-electron chi connectivity index (χ3n) is 3.77. The van der Waals surface area contributed by atoms with Gasteiger partial charge in [-0.05, 0) is 43.5 Å². The van der Waals surface area contributed by atoms with Crippen LogP contribution in [0.5, 0.6) is 11.5 Å². The number of nitro benzene ring substituents is 1. The number of ether oxygens (including phenoxy) is 1. The van der Waals surface area contributed by atoms with Crippen LogP contribution in [0.1, 0.15) is 24.4 Å². The zero-order chi connectivity index (χ0) is 14.7. The zero-order valence-electron chi connectivity index (χ0n) is 11.7. The molecule has 0 aromatic heterocycles. The number of halogens is 1. The number of nitro groups is 1. The standard InChI is InChI=1S/C13H19N3O4.ClH/c1-20-11-7-9(6-10(13(11)17)16(18)19)12(14)8-2-4-15-5-3-8;/h6-8,12,15,17H,2-5,14H2,1H3;1H/t12-;/m1./s1. The largest absolute Gasteiger partial charge is 0.500 e. The molecule has 7 nitrogen and oxygen atoms in total. The van der Waals surface area contributed by atoms with Crippen molar-refractivity contribution in [2.45, 2.75) is 18.9 Å². The molecule has 0 spiro atoms. The Morgan fingerprint density at radius 3 is 2.62 bits per heavy atom. The third kappa shape index (κ3) is 3.75. The molecule has 1 heterocycles. The number of nitrogens with one attached hydrogen (secondary N) is 1. The Balaban J connectivity index is 0.00000220. The monoisotopic (exact) mass is 317 g/mol. The summed E-state index contributed by atoms with van der Waals surface area (Å²) in [5.41, 5.74) is 6.48. The molecule has 118 valence electrons. The predicted molar refractivity (Wildman–Crippen MR) is 81.1 cm³/mol. The van der Waals surface area contributed by atoms with Crippen molar-refractivity contribution >= 4 is 18.1 Å². The highest BCUT2D eigenvalue weighted by atomic mass is 35.5. The van der Waals surface area contributed by atoms with Crippen LogP contribution in [0.15, 0.2) is 12.1 Å². The van der Waals surface area contributed by atoms with Crippen LogP contribution >= 0.6 is 12.4 Å². The van der Waals surface area contributed by atoms with Crippen LogP contribution in [0.4, 0.5) is 5.69 Å². The minimum absolute atomic E-state index is 0. The molecule has 4 N–H and O–H groups in total. The van der Waals surface area contributed by atoms with Crippen LogP contribution in [-0.2, 0) is 0 Å². The predicted octanol–water partition coefficient (Wildman–Crippen LogP) is 1.73. The summed E-state index contributed by atoms with van der Waals surface area (Å²) in [5.74, 6) is -0.109. The summed E-state index contributed by atoms with van der Waals surface area (Å²) in [6, 6.07) is 2.62. The highest BCUT2D eigenvalue weighted by Crippen LogP contribution is 2.40. The Labute approximate surface area is 129 Å². The zero-order valence-corrected chi connectivity index (χ0v) is 12.6. The molecule has 1 saturated heterocycles. The van der Waals surface area contributed by atoms with Gasteiger partial charge in [0.15, 0.2) is 5.75 Å². The molecule has 1 aliphatic rings. The van der Waals surface area contributed by atoms with E-state index < -0.39 is 10.7 Å². The minimum atomic E-state index is -0.628. The first-order chi connectivity index (χ1) is 9.54. The number of benzene rings is 1. The summed E-state index contributed by atoms with van der Waals surface area (Å²) in [7, 11) is 1.36. The molecule has 0 bridgehead atoms. The van der Waals surface area contributed by atoms with Gasteiger partial charge in [0.2, 0.25) is 5.75 Å². The molecule has 1 aliphatic heterocycles. The van der Waals surface area contributed by atoms with E-state index in [2.05, 4.69) is 5.32 Å². The number of rotatable bonds is 4. The van der Waals surface area contributed by atoms with E-state index in [0.29, 0.717) is 5.56 Å². The van der Waals surface area contributed by atoms with Crippen LogP contribution in [0, 0.1) is 16.0 Å². The maximum Gasteiger partial charge on any atom is 0.314 e. The quantitative estimate of drug-likeness (QED) is 0.576. The van der Waals surface area contributed by atoms with Gasteiger partial charge < -0.3 is 20.9 Å². The van der Waals surface area contributed by atoms with Crippen molar-refractivity contribution in [3.8, 4) is 11.5 Å². The summed E-state index contributed by atoms with van der Waals surface area (Å²) < 4.78 is 4.99. The van der Waals surface area contributed by atoms with Gasteiger partial charge in [0, 0.05) is 12.1 Å². The number of hydrogen-bond donors (Lipinski definition) is 3. The Morgan fingerprint density at radius 2 is 2.10 bits per heavy atom. The summed E-state index contributed by atoms with van der Waals surface area (Å²) >= 11 is 0. The highest BCUT2D eigenvalue weighted by molar-refractivity contribution is 5.85. The average molecular weight is 318 g/mol. The fourth-order valence-corrected chi connectivity index (χ4v) is 2.58. The van der Waals surface area contributed by atoms with E-state index in [9.17, 15) is 15.2 Å². The molecule has 1 fully saturated rings. The van der Waals surface area contributed by atoms with Gasteiger partial charge in [-0.1, -0.05) is 0 Å². The van der Waals surface area contributed by atoms with Crippen molar-refractivity contribution in [2.75, 3.05) is 20.2 Å². The highest BCUT2D eigenvalue weighted by Gasteiger charge is 2.26. The van der Waals surface area contributed by atoms with E-state index in [1.807, 2.05) is 0 Å². The minimum Gasteiger partial charge on any atom is -0.500 e. The number of piperidine rings is 1. The molecule has 0 amide bonds. The summed E-state index contributed by atoms with van der Waals surface area (Å²) in [6.07, 6.45) is 1.86. The summed E-state index contributed by atoms with van der Waals surface area (Å²) in [6.45, 7) is 1.80. The van der Waals surface area contributed by atoms with Gasteiger partial charge in [0.1, 0.15) is 0 Å². The van der Waals surface area contributed by atoms with Gasteiger partial charge in [-0.3, -0.25) is 10.1 Å². The second-order valence-electron chi connectivity index (χ2n) is 4.96. The number of nitrogens with two attached hydrogens (primary N) is 1. The first-order valence-corrected chi connectivity index (χ1v) is 6.56. The number of phenolic OH excluding ortho intramolecular Hbond substituents is 1. The van der Waals surface area contributed by atoms with Crippen molar-refractivity contribution in [1.29, 1.82) is 0 Å². The topological polar surface area (TPSA) is 111 Å². The Kier molecular flexibility index (Phi) is 6.19. The smallest absolute Gasteiger partial charge is 0.314 e. The lowest BCUT2D eigenvalue weighted by Gasteiger charge is -2.28. The molecule has 1 aromatic carbocycles. The van der Waals surface area contributed by atoms with Crippen LogP contribution in [-0.4, -0.2) is 30.2 Å². The van der Waals surface area contributed by atoms with E-state index in [1.54, 1.807) is 6.07 Å². The van der Waals surface area contributed by atoms with Crippen molar-refractivity contribution in [2.24, 2.45) is 11.7 Å². The first-order valence-electron chi connectivity index (χ1n) is 6.56. The Hall–Kier alpha value is -1.57. The number of aromatic hydroxyl groups is 1. The molecular weight excluding hydrogens is 298 g/mol. The second-order valence-corrected chi connectivity index (χ2v) is 4.96. The molecule has 0 aliphatic carbocycles. The summed E-state index contributed by atoms with van der Waals surface area (Å²) in [4.78, 5) is 10.4. The molecule has 21 heavy (non-hydrogen) atoms. The maximum absolute atomic E-state index is 11.0. The normalized spacial score (nSPS) is 16.9. The second kappa shape index (κ2) is 7.44. The van der Waals surface area contributed by atoms with Crippen molar-refractivity contribution in [3.05, 3.63) is 27.8 Å². The average Bonchev–Trinajstić information content (AvgIpc) is 2.47. The molecule has 1 aromatic rings. The van der Waals surface area contributed by atoms with Gasteiger partial charge in [0.25, 0.3) is 0 Å². The third-order valence-corrected chi connectivity index (χ3v) is 3.77.